The Labute approximate surface area is 122 Å². The number of likely N-dealkylation sites (N-methyl/N-ethyl adjacent to an activating group) is 1. The highest BCUT2D eigenvalue weighted by atomic mass is 35.5. The van der Waals surface area contributed by atoms with E-state index in [9.17, 15) is 4.79 Å². The van der Waals surface area contributed by atoms with E-state index in [4.69, 9.17) is 16.9 Å². The van der Waals surface area contributed by atoms with Crippen LogP contribution in [0.1, 0.15) is 18.9 Å². The summed E-state index contributed by atoms with van der Waals surface area (Å²) in [4.78, 5) is 17.0. The average molecular weight is 290 g/mol. The molecular weight excluding hydrogens is 274 g/mol. The summed E-state index contributed by atoms with van der Waals surface area (Å²) in [6.45, 7) is 1.87. The lowest BCUT2D eigenvalue weighted by Gasteiger charge is -2.22. The van der Waals surface area contributed by atoms with Gasteiger partial charge in [0, 0.05) is 35.2 Å². The minimum Gasteiger partial charge on any atom is -0.361 e. The van der Waals surface area contributed by atoms with E-state index in [-0.39, 0.29) is 11.9 Å². The number of amides is 1. The molecule has 0 aliphatic heterocycles. The zero-order valence-electron chi connectivity index (χ0n) is 11.5. The van der Waals surface area contributed by atoms with Gasteiger partial charge in [-0.3, -0.25) is 4.79 Å². The van der Waals surface area contributed by atoms with Gasteiger partial charge < -0.3 is 9.88 Å². The quantitative estimate of drug-likeness (QED) is 0.940. The van der Waals surface area contributed by atoms with E-state index < -0.39 is 0 Å². The van der Waals surface area contributed by atoms with Crippen LogP contribution in [-0.2, 0) is 11.2 Å². The molecule has 0 saturated heterocycles. The largest absolute Gasteiger partial charge is 0.361 e. The fourth-order valence-electron chi connectivity index (χ4n) is 2.11. The van der Waals surface area contributed by atoms with Crippen LogP contribution in [0.3, 0.4) is 0 Å². The smallest absolute Gasteiger partial charge is 0.227 e. The van der Waals surface area contributed by atoms with Gasteiger partial charge in [-0.15, -0.1) is 0 Å². The molecule has 0 radical (unpaired) electrons. The first-order chi connectivity index (χ1) is 9.52. The van der Waals surface area contributed by atoms with Crippen LogP contribution in [0.15, 0.2) is 24.4 Å². The number of nitrogens with one attached hydrogen (secondary N) is 1. The number of aromatic amines is 1. The van der Waals surface area contributed by atoms with Gasteiger partial charge in [-0.25, -0.2) is 0 Å². The summed E-state index contributed by atoms with van der Waals surface area (Å²) in [5.41, 5.74) is 1.87. The minimum absolute atomic E-state index is 0.00333. The fraction of sp³-hybridized carbons (Fsp3) is 0.333. The number of nitriles is 1. The zero-order chi connectivity index (χ0) is 14.7. The third kappa shape index (κ3) is 2.94. The maximum absolute atomic E-state index is 12.2. The highest BCUT2D eigenvalue weighted by Crippen LogP contribution is 2.22. The van der Waals surface area contributed by atoms with Crippen molar-refractivity contribution in [3.63, 3.8) is 0 Å². The Morgan fingerprint density at radius 1 is 1.55 bits per heavy atom. The Bertz CT molecular complexity index is 671. The molecule has 2 aromatic rings. The second-order valence-corrected chi connectivity index (χ2v) is 5.33. The summed E-state index contributed by atoms with van der Waals surface area (Å²) in [5.74, 6) is 0.00333. The summed E-state index contributed by atoms with van der Waals surface area (Å²) in [5, 5.41) is 10.4. The van der Waals surface area contributed by atoms with Crippen LogP contribution in [-0.4, -0.2) is 28.9 Å². The first-order valence-electron chi connectivity index (χ1n) is 6.41. The summed E-state index contributed by atoms with van der Waals surface area (Å²) in [7, 11) is 1.73. The highest BCUT2D eigenvalue weighted by molar-refractivity contribution is 6.31. The number of carbonyl (C=O) groups excluding carboxylic acids is 1. The van der Waals surface area contributed by atoms with Crippen LogP contribution in [0.5, 0.6) is 0 Å². The zero-order valence-corrected chi connectivity index (χ0v) is 12.2. The van der Waals surface area contributed by atoms with Crippen LogP contribution >= 0.6 is 11.6 Å². The number of carbonyl (C=O) groups is 1. The van der Waals surface area contributed by atoms with Gasteiger partial charge in [-0.1, -0.05) is 17.7 Å². The van der Waals surface area contributed by atoms with E-state index in [0.29, 0.717) is 17.9 Å². The van der Waals surface area contributed by atoms with Crippen molar-refractivity contribution in [2.45, 2.75) is 25.8 Å². The Morgan fingerprint density at radius 2 is 2.30 bits per heavy atom. The SMILES string of the molecule is C[C@@H](CC#N)N(C)C(=O)Cc1c[nH]c2cc(Cl)ccc12. The molecule has 0 fully saturated rings. The fourth-order valence-corrected chi connectivity index (χ4v) is 2.28. The Hall–Kier alpha value is -1.99. The van der Waals surface area contributed by atoms with Gasteiger partial charge >= 0.3 is 0 Å². The van der Waals surface area contributed by atoms with Gasteiger partial charge in [-0.2, -0.15) is 5.26 Å². The molecule has 1 aromatic heterocycles. The number of H-pyrrole nitrogens is 1. The van der Waals surface area contributed by atoms with Crippen molar-refractivity contribution in [2.75, 3.05) is 7.05 Å². The predicted molar refractivity (Wildman–Crippen MR) is 79.5 cm³/mol. The van der Waals surface area contributed by atoms with Crippen molar-refractivity contribution in [1.82, 2.24) is 9.88 Å². The number of fused-ring (bicyclic) bond motifs is 1. The van der Waals surface area contributed by atoms with E-state index in [1.807, 2.05) is 31.3 Å². The third-order valence-electron chi connectivity index (χ3n) is 3.51. The number of rotatable bonds is 4. The number of benzene rings is 1. The summed E-state index contributed by atoms with van der Waals surface area (Å²) in [6, 6.07) is 7.57. The van der Waals surface area contributed by atoms with Crippen LogP contribution < -0.4 is 0 Å². The molecule has 0 spiro atoms. The van der Waals surface area contributed by atoms with Crippen LogP contribution in [0.2, 0.25) is 5.02 Å². The summed E-state index contributed by atoms with van der Waals surface area (Å²) < 4.78 is 0. The van der Waals surface area contributed by atoms with E-state index in [1.54, 1.807) is 11.9 Å². The van der Waals surface area contributed by atoms with Gasteiger partial charge in [0.25, 0.3) is 0 Å². The molecule has 0 unspecified atom stereocenters. The topological polar surface area (TPSA) is 59.9 Å². The normalized spacial score (nSPS) is 12.1. The third-order valence-corrected chi connectivity index (χ3v) is 3.75. The number of hydrogen-bond donors (Lipinski definition) is 1. The molecule has 5 heteroatoms. The summed E-state index contributed by atoms with van der Waals surface area (Å²) >= 11 is 5.93. The number of halogens is 1. The van der Waals surface area contributed by atoms with E-state index in [1.165, 1.54) is 0 Å². The number of hydrogen-bond acceptors (Lipinski definition) is 2. The standard InChI is InChI=1S/C15H16ClN3O/c1-10(5-6-17)19(2)15(20)7-11-9-18-14-8-12(16)3-4-13(11)14/h3-4,8-10,18H,5,7H2,1-2H3/t10-/m0/s1. The van der Waals surface area contributed by atoms with Gasteiger partial charge in [0.2, 0.25) is 5.91 Å². The number of aromatic nitrogens is 1. The lowest BCUT2D eigenvalue weighted by Crippen LogP contribution is -2.35. The van der Waals surface area contributed by atoms with Gasteiger partial charge in [0.1, 0.15) is 0 Å². The molecular formula is C15H16ClN3O. The predicted octanol–water partition coefficient (Wildman–Crippen LogP) is 3.12. The monoisotopic (exact) mass is 289 g/mol. The first kappa shape index (κ1) is 14.4. The van der Waals surface area contributed by atoms with Crippen LogP contribution in [0, 0.1) is 11.3 Å². The van der Waals surface area contributed by atoms with Crippen LogP contribution in [0.4, 0.5) is 0 Å². The van der Waals surface area contributed by atoms with Crippen molar-refractivity contribution in [3.05, 3.63) is 35.0 Å². The maximum atomic E-state index is 12.2. The molecule has 1 aromatic carbocycles. The van der Waals surface area contributed by atoms with Gasteiger partial charge in [0.15, 0.2) is 0 Å². The molecule has 0 aliphatic carbocycles. The Kier molecular flexibility index (Phi) is 4.31. The molecule has 0 saturated carbocycles. The number of nitrogens with zero attached hydrogens (tertiary/aromatic N) is 2. The van der Waals surface area contributed by atoms with Crippen molar-refractivity contribution < 1.29 is 4.79 Å². The summed E-state index contributed by atoms with van der Waals surface area (Å²) in [6.07, 6.45) is 2.49. The highest BCUT2D eigenvalue weighted by Gasteiger charge is 2.17. The van der Waals surface area contributed by atoms with Gasteiger partial charge in [-0.05, 0) is 24.6 Å². The van der Waals surface area contributed by atoms with Crippen molar-refractivity contribution in [1.29, 1.82) is 5.26 Å². The Morgan fingerprint density at radius 3 is 3.00 bits per heavy atom. The van der Waals surface area contributed by atoms with E-state index in [2.05, 4.69) is 11.1 Å². The minimum atomic E-state index is -0.0767. The molecule has 4 nitrogen and oxygen atoms in total. The lowest BCUT2D eigenvalue weighted by atomic mass is 10.1. The maximum Gasteiger partial charge on any atom is 0.227 e. The molecule has 104 valence electrons. The van der Waals surface area contributed by atoms with Crippen molar-refractivity contribution in [3.8, 4) is 6.07 Å². The molecule has 2 rings (SSSR count). The van der Waals surface area contributed by atoms with Crippen molar-refractivity contribution in [2.24, 2.45) is 0 Å². The molecule has 1 atom stereocenters. The molecule has 0 bridgehead atoms. The molecule has 1 N–H and O–H groups in total. The molecule has 1 amide bonds. The van der Waals surface area contributed by atoms with E-state index >= 15 is 0 Å². The molecule has 0 aliphatic rings. The molecule has 20 heavy (non-hydrogen) atoms. The molecule has 1 heterocycles. The second-order valence-electron chi connectivity index (χ2n) is 4.90. The lowest BCUT2D eigenvalue weighted by molar-refractivity contribution is -0.130. The van der Waals surface area contributed by atoms with Crippen LogP contribution in [0.25, 0.3) is 10.9 Å². The van der Waals surface area contributed by atoms with E-state index in [0.717, 1.165) is 16.5 Å². The Balaban J connectivity index is 2.16. The second kappa shape index (κ2) is 5.98. The average Bonchev–Trinajstić information content (AvgIpc) is 2.80. The first-order valence-corrected chi connectivity index (χ1v) is 6.79. The van der Waals surface area contributed by atoms with Crippen molar-refractivity contribution >= 4 is 28.4 Å². The van der Waals surface area contributed by atoms with Gasteiger partial charge in [0.05, 0.1) is 18.9 Å².